The zero-order valence-electron chi connectivity index (χ0n) is 14.4. The van der Waals surface area contributed by atoms with Crippen molar-refractivity contribution in [1.82, 2.24) is 0 Å². The number of allylic oxidation sites excluding steroid dienone is 1. The third-order valence-corrected chi connectivity index (χ3v) is 4.06. The first-order valence-electron chi connectivity index (χ1n) is 8.05. The summed E-state index contributed by atoms with van der Waals surface area (Å²) in [5.41, 5.74) is 0.526. The fourth-order valence-corrected chi connectivity index (χ4v) is 2.69. The minimum absolute atomic E-state index is 0.0552. The van der Waals surface area contributed by atoms with E-state index in [1.54, 1.807) is 43.3 Å². The first-order chi connectivity index (χ1) is 12.6. The van der Waals surface area contributed by atoms with Gasteiger partial charge in [0.1, 0.15) is 12.4 Å². The lowest BCUT2D eigenvalue weighted by Crippen LogP contribution is -1.99. The summed E-state index contributed by atoms with van der Waals surface area (Å²) < 4.78 is 54.1. The maximum atomic E-state index is 14.6. The summed E-state index contributed by atoms with van der Waals surface area (Å²) in [7, 11) is 1.52. The average Bonchev–Trinajstić information content (AvgIpc) is 2.66. The molecule has 134 valence electrons. The van der Waals surface area contributed by atoms with E-state index in [1.807, 2.05) is 0 Å². The topological polar surface area (TPSA) is 18.5 Å². The fraction of sp³-hybridized carbons (Fsp3) is 0.143. The Balaban J connectivity index is 2.11. The van der Waals surface area contributed by atoms with Crippen molar-refractivity contribution in [2.24, 2.45) is 0 Å². The molecule has 0 aromatic heterocycles. The lowest BCUT2D eigenvalue weighted by molar-refractivity contribution is 0.342. The number of rotatable bonds is 5. The van der Waals surface area contributed by atoms with Crippen LogP contribution in [0.15, 0.2) is 54.6 Å². The molecule has 5 heteroatoms. The van der Waals surface area contributed by atoms with Gasteiger partial charge in [0.05, 0.1) is 12.5 Å². The second kappa shape index (κ2) is 7.52. The molecule has 3 rings (SSSR count). The molecule has 2 nitrogen and oxygen atoms in total. The normalized spacial score (nSPS) is 11.3. The molecule has 0 heterocycles. The van der Waals surface area contributed by atoms with E-state index in [2.05, 4.69) is 0 Å². The SMILES string of the molecule is CC=CCOc1ccc2cc(-c3ccc(OC)cc3)c(F)c(F)c2c1F. The van der Waals surface area contributed by atoms with Gasteiger partial charge in [0, 0.05) is 5.56 Å². The van der Waals surface area contributed by atoms with E-state index < -0.39 is 22.8 Å². The predicted molar refractivity (Wildman–Crippen MR) is 96.1 cm³/mol. The van der Waals surface area contributed by atoms with E-state index in [9.17, 15) is 13.2 Å². The molecule has 0 amide bonds. The Morgan fingerprint density at radius 3 is 2.31 bits per heavy atom. The Labute approximate surface area is 149 Å². The highest BCUT2D eigenvalue weighted by atomic mass is 19.2. The molecule has 0 aliphatic carbocycles. The van der Waals surface area contributed by atoms with Crippen molar-refractivity contribution in [3.8, 4) is 22.6 Å². The van der Waals surface area contributed by atoms with Crippen LogP contribution in [0.3, 0.4) is 0 Å². The van der Waals surface area contributed by atoms with Crippen LogP contribution in [0.25, 0.3) is 21.9 Å². The summed E-state index contributed by atoms with van der Waals surface area (Å²) >= 11 is 0. The van der Waals surface area contributed by atoms with Gasteiger partial charge in [0.2, 0.25) is 0 Å². The Morgan fingerprint density at radius 2 is 1.65 bits per heavy atom. The highest BCUT2D eigenvalue weighted by Gasteiger charge is 2.20. The van der Waals surface area contributed by atoms with Crippen molar-refractivity contribution in [3.05, 3.63) is 72.1 Å². The van der Waals surface area contributed by atoms with E-state index in [1.165, 1.54) is 25.3 Å². The van der Waals surface area contributed by atoms with E-state index in [0.717, 1.165) is 0 Å². The van der Waals surface area contributed by atoms with Crippen molar-refractivity contribution in [2.75, 3.05) is 13.7 Å². The van der Waals surface area contributed by atoms with Crippen LogP contribution in [0.1, 0.15) is 6.92 Å². The quantitative estimate of drug-likeness (QED) is 0.530. The Morgan fingerprint density at radius 1 is 0.923 bits per heavy atom. The molecule has 0 bridgehead atoms. The van der Waals surface area contributed by atoms with Gasteiger partial charge in [0.25, 0.3) is 0 Å². The summed E-state index contributed by atoms with van der Waals surface area (Å²) in [6.07, 6.45) is 3.44. The third kappa shape index (κ3) is 3.25. The Kier molecular flexibility index (Phi) is 5.16. The molecule has 0 aliphatic heterocycles. The molecule has 0 fully saturated rings. The summed E-state index contributed by atoms with van der Waals surface area (Å²) in [6.45, 7) is 1.95. The molecule has 0 radical (unpaired) electrons. The summed E-state index contributed by atoms with van der Waals surface area (Å²) in [4.78, 5) is 0. The molecule has 0 spiro atoms. The second-order valence-corrected chi connectivity index (χ2v) is 5.64. The number of methoxy groups -OCH3 is 1. The van der Waals surface area contributed by atoms with Gasteiger partial charge in [-0.15, -0.1) is 0 Å². The zero-order chi connectivity index (χ0) is 18.7. The Hall–Kier alpha value is -2.95. The lowest BCUT2D eigenvalue weighted by Gasteiger charge is -2.12. The van der Waals surface area contributed by atoms with Gasteiger partial charge in [-0.3, -0.25) is 0 Å². The van der Waals surface area contributed by atoms with Crippen LogP contribution in [0.4, 0.5) is 13.2 Å². The molecule has 3 aromatic rings. The van der Waals surface area contributed by atoms with Crippen molar-refractivity contribution >= 4 is 10.8 Å². The first-order valence-corrected chi connectivity index (χ1v) is 8.05. The highest BCUT2D eigenvalue weighted by molar-refractivity contribution is 5.90. The van der Waals surface area contributed by atoms with E-state index in [4.69, 9.17) is 9.47 Å². The van der Waals surface area contributed by atoms with E-state index >= 15 is 0 Å². The van der Waals surface area contributed by atoms with Gasteiger partial charge in [-0.2, -0.15) is 0 Å². The summed E-state index contributed by atoms with van der Waals surface area (Å²) in [5.74, 6) is -2.77. The predicted octanol–water partition coefficient (Wildman–Crippen LogP) is 5.89. The maximum Gasteiger partial charge on any atom is 0.175 e. The smallest absolute Gasteiger partial charge is 0.175 e. The van der Waals surface area contributed by atoms with Crippen molar-refractivity contribution in [2.45, 2.75) is 6.92 Å². The van der Waals surface area contributed by atoms with Crippen LogP contribution in [-0.4, -0.2) is 13.7 Å². The van der Waals surface area contributed by atoms with Crippen LogP contribution in [0, 0.1) is 17.5 Å². The molecule has 0 saturated heterocycles. The molecular formula is C21H17F3O2. The number of hydrogen-bond acceptors (Lipinski definition) is 2. The van der Waals surface area contributed by atoms with Gasteiger partial charge >= 0.3 is 0 Å². The van der Waals surface area contributed by atoms with Crippen LogP contribution in [-0.2, 0) is 0 Å². The first kappa shape index (κ1) is 17.9. The number of ether oxygens (including phenoxy) is 2. The molecule has 26 heavy (non-hydrogen) atoms. The van der Waals surface area contributed by atoms with Gasteiger partial charge in [-0.25, -0.2) is 13.2 Å². The third-order valence-electron chi connectivity index (χ3n) is 4.06. The Bertz CT molecular complexity index is 963. The monoisotopic (exact) mass is 358 g/mol. The minimum atomic E-state index is -1.23. The maximum absolute atomic E-state index is 14.6. The van der Waals surface area contributed by atoms with Crippen LogP contribution < -0.4 is 9.47 Å². The largest absolute Gasteiger partial charge is 0.497 e. The number of halogens is 3. The average molecular weight is 358 g/mol. The fourth-order valence-electron chi connectivity index (χ4n) is 2.69. The zero-order valence-corrected chi connectivity index (χ0v) is 14.4. The van der Waals surface area contributed by atoms with Crippen molar-refractivity contribution in [1.29, 1.82) is 0 Å². The standard InChI is InChI=1S/C21H17F3O2/c1-3-4-11-26-17-10-7-14-12-16(13-5-8-15(25-2)9-6-13)19(22)21(24)18(14)20(17)23/h3-10,12H,11H2,1-2H3. The van der Waals surface area contributed by atoms with Gasteiger partial charge in [0.15, 0.2) is 23.2 Å². The van der Waals surface area contributed by atoms with Crippen LogP contribution in [0.2, 0.25) is 0 Å². The molecule has 0 aliphatic rings. The number of fused-ring (bicyclic) bond motifs is 1. The summed E-state index contributed by atoms with van der Waals surface area (Å²) in [6, 6.07) is 10.9. The highest BCUT2D eigenvalue weighted by Crippen LogP contribution is 2.35. The molecule has 0 N–H and O–H groups in total. The second-order valence-electron chi connectivity index (χ2n) is 5.64. The molecular weight excluding hydrogens is 341 g/mol. The van der Waals surface area contributed by atoms with Gasteiger partial charge in [-0.05, 0) is 42.1 Å². The van der Waals surface area contributed by atoms with Crippen LogP contribution in [0.5, 0.6) is 11.5 Å². The lowest BCUT2D eigenvalue weighted by atomic mass is 9.99. The minimum Gasteiger partial charge on any atom is -0.497 e. The molecule has 0 atom stereocenters. The van der Waals surface area contributed by atoms with Crippen molar-refractivity contribution < 1.29 is 22.6 Å². The van der Waals surface area contributed by atoms with Gasteiger partial charge < -0.3 is 9.47 Å². The summed E-state index contributed by atoms with van der Waals surface area (Å²) in [5, 5.41) is -0.164. The number of hydrogen-bond donors (Lipinski definition) is 0. The van der Waals surface area contributed by atoms with Gasteiger partial charge in [-0.1, -0.05) is 30.4 Å². The molecule has 0 saturated carbocycles. The molecule has 0 unspecified atom stereocenters. The molecule has 3 aromatic carbocycles. The van der Waals surface area contributed by atoms with Crippen LogP contribution >= 0.6 is 0 Å². The van der Waals surface area contributed by atoms with E-state index in [-0.39, 0.29) is 23.3 Å². The van der Waals surface area contributed by atoms with Crippen molar-refractivity contribution in [3.63, 3.8) is 0 Å². The number of benzene rings is 3. The van der Waals surface area contributed by atoms with E-state index in [0.29, 0.717) is 11.3 Å².